The van der Waals surface area contributed by atoms with Crippen LogP contribution in [0.3, 0.4) is 0 Å². The zero-order valence-electron chi connectivity index (χ0n) is 16.4. The Kier molecular flexibility index (Phi) is 4.77. The molecular weight excluding hydrogens is 356 g/mol. The first kappa shape index (κ1) is 18.5. The standard InChI is InChI=1S/C22H28N2O2S/c1-4-24-12-10-19-20-15-18(8-9-21(20)23(3)22(19)11-13-24)27(25,26)17-7-5-6-16(2)14-17/h5-9,14-15,19,22H,4,10-13H2,1-3H3/t19-,22-/m1/s1. The Balaban J connectivity index is 1.73. The number of hydrogen-bond acceptors (Lipinski definition) is 4. The second-order valence-corrected chi connectivity index (χ2v) is 9.79. The van der Waals surface area contributed by atoms with Gasteiger partial charge in [-0.25, -0.2) is 8.42 Å². The maximum absolute atomic E-state index is 13.2. The van der Waals surface area contributed by atoms with Crippen LogP contribution in [0.4, 0.5) is 5.69 Å². The van der Waals surface area contributed by atoms with Crippen molar-refractivity contribution in [1.29, 1.82) is 0 Å². The minimum absolute atomic E-state index is 0.378. The van der Waals surface area contributed by atoms with Crippen molar-refractivity contribution in [2.24, 2.45) is 0 Å². The predicted molar refractivity (Wildman–Crippen MR) is 109 cm³/mol. The molecule has 0 spiro atoms. The van der Waals surface area contributed by atoms with E-state index in [9.17, 15) is 8.42 Å². The van der Waals surface area contributed by atoms with Gasteiger partial charge in [-0.2, -0.15) is 0 Å². The van der Waals surface area contributed by atoms with Crippen LogP contribution in [0.25, 0.3) is 0 Å². The number of benzene rings is 2. The lowest BCUT2D eigenvalue weighted by Gasteiger charge is -2.25. The Morgan fingerprint density at radius 3 is 2.52 bits per heavy atom. The molecule has 2 aromatic carbocycles. The van der Waals surface area contributed by atoms with E-state index >= 15 is 0 Å². The van der Waals surface area contributed by atoms with E-state index in [-0.39, 0.29) is 0 Å². The molecule has 0 radical (unpaired) electrons. The number of anilines is 1. The highest BCUT2D eigenvalue weighted by atomic mass is 32.2. The SMILES string of the molecule is CCN1CC[C@@H]2c3cc(S(=O)(=O)c4cccc(C)c4)ccc3N(C)[C@@H]2CC1. The average Bonchev–Trinajstić information content (AvgIpc) is 2.82. The van der Waals surface area contributed by atoms with Gasteiger partial charge in [-0.15, -0.1) is 0 Å². The van der Waals surface area contributed by atoms with E-state index in [1.54, 1.807) is 18.2 Å². The highest BCUT2D eigenvalue weighted by Gasteiger charge is 2.38. The number of likely N-dealkylation sites (tertiary alicyclic amines) is 1. The van der Waals surface area contributed by atoms with Gasteiger partial charge in [0.15, 0.2) is 0 Å². The second-order valence-electron chi connectivity index (χ2n) is 7.84. The van der Waals surface area contributed by atoms with Crippen LogP contribution in [0.15, 0.2) is 52.3 Å². The van der Waals surface area contributed by atoms with Gasteiger partial charge in [0.05, 0.1) is 9.79 Å². The fourth-order valence-electron chi connectivity index (χ4n) is 4.70. The third-order valence-corrected chi connectivity index (χ3v) is 8.04. The first-order chi connectivity index (χ1) is 12.9. The van der Waals surface area contributed by atoms with Crippen LogP contribution < -0.4 is 4.90 Å². The molecule has 2 heterocycles. The highest BCUT2D eigenvalue weighted by Crippen LogP contribution is 2.45. The molecule has 2 aliphatic heterocycles. The molecule has 2 atom stereocenters. The van der Waals surface area contributed by atoms with Crippen molar-refractivity contribution in [3.63, 3.8) is 0 Å². The monoisotopic (exact) mass is 384 g/mol. The lowest BCUT2D eigenvalue weighted by Crippen LogP contribution is -2.31. The maximum Gasteiger partial charge on any atom is 0.206 e. The van der Waals surface area contributed by atoms with Gasteiger partial charge < -0.3 is 9.80 Å². The van der Waals surface area contributed by atoms with Crippen LogP contribution >= 0.6 is 0 Å². The summed E-state index contributed by atoms with van der Waals surface area (Å²) >= 11 is 0. The van der Waals surface area contributed by atoms with Crippen molar-refractivity contribution < 1.29 is 8.42 Å². The lowest BCUT2D eigenvalue weighted by molar-refractivity contribution is 0.298. The van der Waals surface area contributed by atoms with Crippen LogP contribution in [0.1, 0.15) is 36.8 Å². The Morgan fingerprint density at radius 1 is 1.04 bits per heavy atom. The molecule has 0 saturated carbocycles. The predicted octanol–water partition coefficient (Wildman–Crippen LogP) is 3.85. The zero-order valence-corrected chi connectivity index (χ0v) is 17.2. The molecule has 2 aromatic rings. The fourth-order valence-corrected chi connectivity index (χ4v) is 6.10. The van der Waals surface area contributed by atoms with Crippen molar-refractivity contribution in [2.45, 2.75) is 48.4 Å². The molecular formula is C22H28N2O2S. The summed E-state index contributed by atoms with van der Waals surface area (Å²) in [6.07, 6.45) is 2.22. The van der Waals surface area contributed by atoms with Gasteiger partial charge in [-0.05, 0) is 74.3 Å². The molecule has 27 heavy (non-hydrogen) atoms. The van der Waals surface area contributed by atoms with Gasteiger partial charge in [-0.1, -0.05) is 19.1 Å². The van der Waals surface area contributed by atoms with Crippen molar-refractivity contribution in [3.05, 3.63) is 53.6 Å². The van der Waals surface area contributed by atoms with Crippen molar-refractivity contribution in [2.75, 3.05) is 31.6 Å². The largest absolute Gasteiger partial charge is 0.371 e. The molecule has 5 heteroatoms. The van der Waals surface area contributed by atoms with Crippen molar-refractivity contribution in [1.82, 2.24) is 4.90 Å². The summed E-state index contributed by atoms with van der Waals surface area (Å²) in [5.74, 6) is 0.411. The van der Waals surface area contributed by atoms with Crippen LogP contribution in [0, 0.1) is 6.92 Å². The lowest BCUT2D eigenvalue weighted by atomic mass is 9.91. The number of nitrogens with zero attached hydrogens (tertiary/aromatic N) is 2. The molecule has 0 aliphatic carbocycles. The van der Waals surface area contributed by atoms with Gasteiger partial charge in [0.25, 0.3) is 0 Å². The number of fused-ring (bicyclic) bond motifs is 3. The third kappa shape index (κ3) is 3.17. The molecule has 0 amide bonds. The van der Waals surface area contributed by atoms with Gasteiger partial charge in [-0.3, -0.25) is 0 Å². The number of aryl methyl sites for hydroxylation is 1. The Morgan fingerprint density at radius 2 is 1.78 bits per heavy atom. The Labute approximate surface area is 162 Å². The molecule has 0 unspecified atom stereocenters. The summed E-state index contributed by atoms with van der Waals surface area (Å²) in [5, 5.41) is 0. The molecule has 4 nitrogen and oxygen atoms in total. The molecule has 4 rings (SSSR count). The smallest absolute Gasteiger partial charge is 0.206 e. The van der Waals surface area contributed by atoms with Gasteiger partial charge >= 0.3 is 0 Å². The van der Waals surface area contributed by atoms with Crippen LogP contribution in [0.5, 0.6) is 0 Å². The summed E-state index contributed by atoms with van der Waals surface area (Å²) < 4.78 is 26.3. The minimum Gasteiger partial charge on any atom is -0.371 e. The second kappa shape index (κ2) is 6.95. The average molecular weight is 385 g/mol. The van der Waals surface area contributed by atoms with E-state index < -0.39 is 9.84 Å². The van der Waals surface area contributed by atoms with Crippen LogP contribution in [0.2, 0.25) is 0 Å². The Bertz CT molecular complexity index is 955. The summed E-state index contributed by atoms with van der Waals surface area (Å²) in [7, 11) is -1.34. The van der Waals surface area contributed by atoms with Gasteiger partial charge in [0.1, 0.15) is 0 Å². The number of likely N-dealkylation sites (N-methyl/N-ethyl adjacent to an activating group) is 1. The van der Waals surface area contributed by atoms with Gasteiger partial charge in [0, 0.05) is 31.2 Å². The quantitative estimate of drug-likeness (QED) is 0.806. The molecule has 2 aliphatic rings. The van der Waals surface area contributed by atoms with E-state index in [2.05, 4.69) is 23.8 Å². The summed E-state index contributed by atoms with van der Waals surface area (Å²) in [6.45, 7) is 7.42. The maximum atomic E-state index is 13.2. The summed E-state index contributed by atoms with van der Waals surface area (Å²) in [5.41, 5.74) is 3.35. The molecule has 1 saturated heterocycles. The van der Waals surface area contributed by atoms with E-state index in [0.29, 0.717) is 21.8 Å². The van der Waals surface area contributed by atoms with E-state index in [1.807, 2.05) is 31.2 Å². The molecule has 144 valence electrons. The highest BCUT2D eigenvalue weighted by molar-refractivity contribution is 7.91. The molecule has 1 fully saturated rings. The summed E-state index contributed by atoms with van der Waals surface area (Å²) in [4.78, 5) is 5.65. The number of hydrogen-bond donors (Lipinski definition) is 0. The van der Waals surface area contributed by atoms with Crippen LogP contribution in [-0.2, 0) is 9.84 Å². The van der Waals surface area contributed by atoms with E-state index in [4.69, 9.17) is 0 Å². The van der Waals surface area contributed by atoms with Crippen LogP contribution in [-0.4, -0.2) is 46.0 Å². The minimum atomic E-state index is -3.49. The fraction of sp³-hybridized carbons (Fsp3) is 0.455. The molecule has 0 aromatic heterocycles. The number of rotatable bonds is 3. The zero-order chi connectivity index (χ0) is 19.2. The topological polar surface area (TPSA) is 40.6 Å². The van der Waals surface area contributed by atoms with Crippen molar-refractivity contribution in [3.8, 4) is 0 Å². The molecule has 0 N–H and O–H groups in total. The summed E-state index contributed by atoms with van der Waals surface area (Å²) in [6, 6.07) is 13.4. The molecule has 0 bridgehead atoms. The van der Waals surface area contributed by atoms with Gasteiger partial charge in [0.2, 0.25) is 9.84 Å². The van der Waals surface area contributed by atoms with Crippen molar-refractivity contribution >= 4 is 15.5 Å². The normalized spacial score (nSPS) is 23.0. The van der Waals surface area contributed by atoms with E-state index in [1.165, 1.54) is 11.3 Å². The Hall–Kier alpha value is -1.85. The first-order valence-corrected chi connectivity index (χ1v) is 11.3. The van der Waals surface area contributed by atoms with E-state index in [0.717, 1.165) is 38.0 Å². The first-order valence-electron chi connectivity index (χ1n) is 9.82. The number of sulfone groups is 1. The third-order valence-electron chi connectivity index (χ3n) is 6.30.